The monoisotopic (exact) mass is 180 g/mol. The molecule has 0 saturated heterocycles. The van der Waals surface area contributed by atoms with E-state index in [-0.39, 0.29) is 0 Å². The van der Waals surface area contributed by atoms with E-state index in [1.54, 1.807) is 13.0 Å². The fourth-order valence-corrected chi connectivity index (χ4v) is 1.43. The lowest BCUT2D eigenvalue weighted by Crippen LogP contribution is -1.84. The summed E-state index contributed by atoms with van der Waals surface area (Å²) in [5, 5.41) is 9.77. The summed E-state index contributed by atoms with van der Waals surface area (Å²) in [5.74, 6) is 2.84. The van der Waals surface area contributed by atoms with E-state index in [0.29, 0.717) is 5.56 Å². The minimum Gasteiger partial charge on any atom is -0.276 e. The molecule has 0 aliphatic heterocycles. The molecule has 0 unspecified atom stereocenters. The Hall–Kier alpha value is -2.19. The lowest BCUT2D eigenvalue weighted by molar-refractivity contribution is 1.20. The molecule has 0 bridgehead atoms. The minimum absolute atomic E-state index is 0.680. The van der Waals surface area contributed by atoms with Crippen LogP contribution in [0.2, 0.25) is 0 Å². The Morgan fingerprint density at radius 2 is 2.14 bits per heavy atom. The van der Waals surface area contributed by atoms with Gasteiger partial charge < -0.3 is 0 Å². The molecule has 0 aliphatic rings. The molecule has 0 saturated carbocycles. The zero-order chi connectivity index (χ0) is 9.97. The number of nitriles is 1. The summed E-state index contributed by atoms with van der Waals surface area (Å²) in [6, 6.07) is 12.6. The highest BCUT2D eigenvalue weighted by molar-refractivity contribution is 5.82. The van der Waals surface area contributed by atoms with Crippen LogP contribution in [-0.2, 0) is 0 Å². The molecule has 0 atom stereocenters. The van der Waals surface area contributed by atoms with Gasteiger partial charge in [-0.3, -0.25) is 4.57 Å². The van der Waals surface area contributed by atoms with Crippen LogP contribution in [0, 0.1) is 23.3 Å². The third-order valence-corrected chi connectivity index (χ3v) is 2.05. The second kappa shape index (κ2) is 3.28. The Morgan fingerprint density at radius 3 is 2.86 bits per heavy atom. The smallest absolute Gasteiger partial charge is 0.0991 e. The molecule has 1 aromatic heterocycles. The van der Waals surface area contributed by atoms with Crippen LogP contribution in [0.3, 0.4) is 0 Å². The molecule has 0 radical (unpaired) electrons. The second-order valence-electron chi connectivity index (χ2n) is 2.93. The average molecular weight is 180 g/mol. The Labute approximate surface area is 82.4 Å². The van der Waals surface area contributed by atoms with E-state index >= 15 is 0 Å². The van der Waals surface area contributed by atoms with Crippen LogP contribution >= 0.6 is 0 Å². The highest BCUT2D eigenvalue weighted by Gasteiger charge is 1.99. The SMILES string of the molecule is CC#Cn1ccc2cc(C#N)ccc21. The topological polar surface area (TPSA) is 28.7 Å². The van der Waals surface area contributed by atoms with Crippen molar-refractivity contribution in [2.24, 2.45) is 0 Å². The molecule has 0 spiro atoms. The van der Waals surface area contributed by atoms with Gasteiger partial charge in [-0.15, -0.1) is 0 Å². The molecule has 2 aromatic rings. The summed E-state index contributed by atoms with van der Waals surface area (Å²) in [4.78, 5) is 0. The van der Waals surface area contributed by atoms with Gasteiger partial charge in [-0.25, -0.2) is 0 Å². The van der Waals surface area contributed by atoms with Crippen molar-refractivity contribution >= 4 is 10.9 Å². The number of hydrogen-bond acceptors (Lipinski definition) is 1. The van der Waals surface area contributed by atoms with Gasteiger partial charge in [0.25, 0.3) is 0 Å². The van der Waals surface area contributed by atoms with Gasteiger partial charge in [0.05, 0.1) is 17.1 Å². The van der Waals surface area contributed by atoms with Crippen molar-refractivity contribution < 1.29 is 0 Å². The highest BCUT2D eigenvalue weighted by Crippen LogP contribution is 2.16. The molecule has 0 amide bonds. The lowest BCUT2D eigenvalue weighted by atomic mass is 10.2. The number of rotatable bonds is 0. The molecule has 0 aliphatic carbocycles. The number of fused-ring (bicyclic) bond motifs is 1. The first-order valence-corrected chi connectivity index (χ1v) is 4.29. The molecular weight excluding hydrogens is 172 g/mol. The van der Waals surface area contributed by atoms with E-state index in [2.05, 4.69) is 18.0 Å². The highest BCUT2D eigenvalue weighted by atomic mass is 14.9. The van der Waals surface area contributed by atoms with Gasteiger partial charge in [0, 0.05) is 17.6 Å². The maximum atomic E-state index is 8.72. The number of aromatic nitrogens is 1. The van der Waals surface area contributed by atoms with Gasteiger partial charge in [0.2, 0.25) is 0 Å². The fraction of sp³-hybridized carbons (Fsp3) is 0.0833. The number of benzene rings is 1. The molecule has 1 aromatic carbocycles. The standard InChI is InChI=1S/C12H8N2/c1-2-6-14-7-5-11-8-10(9-13)3-4-12(11)14/h3-5,7-8H,1H3. The normalized spacial score (nSPS) is 9.14. The zero-order valence-electron chi connectivity index (χ0n) is 7.78. The molecule has 0 fully saturated rings. The number of hydrogen-bond donors (Lipinski definition) is 0. The lowest BCUT2D eigenvalue weighted by Gasteiger charge is -1.94. The van der Waals surface area contributed by atoms with Crippen molar-refractivity contribution in [3.8, 4) is 18.0 Å². The van der Waals surface area contributed by atoms with Crippen LogP contribution in [-0.4, -0.2) is 4.57 Å². The quantitative estimate of drug-likeness (QED) is 0.572. The average Bonchev–Trinajstić information content (AvgIpc) is 2.61. The Kier molecular flexibility index (Phi) is 1.97. The predicted octanol–water partition coefficient (Wildman–Crippen LogP) is 2.34. The van der Waals surface area contributed by atoms with E-state index in [1.807, 2.05) is 29.0 Å². The van der Waals surface area contributed by atoms with Gasteiger partial charge in [0.15, 0.2) is 0 Å². The van der Waals surface area contributed by atoms with E-state index in [4.69, 9.17) is 5.26 Å². The van der Waals surface area contributed by atoms with Gasteiger partial charge in [-0.1, -0.05) is 5.92 Å². The molecule has 2 rings (SSSR count). The van der Waals surface area contributed by atoms with Crippen molar-refractivity contribution in [3.05, 3.63) is 36.0 Å². The van der Waals surface area contributed by atoms with Gasteiger partial charge in [0.1, 0.15) is 0 Å². The van der Waals surface area contributed by atoms with Crippen LogP contribution in [0.15, 0.2) is 30.5 Å². The van der Waals surface area contributed by atoms with Crippen LogP contribution < -0.4 is 0 Å². The number of nitrogens with zero attached hydrogens (tertiary/aromatic N) is 2. The Morgan fingerprint density at radius 1 is 1.29 bits per heavy atom. The maximum absolute atomic E-state index is 8.72. The summed E-state index contributed by atoms with van der Waals surface area (Å²) in [6.45, 7) is 1.80. The zero-order valence-corrected chi connectivity index (χ0v) is 7.78. The van der Waals surface area contributed by atoms with Gasteiger partial charge >= 0.3 is 0 Å². The summed E-state index contributed by atoms with van der Waals surface area (Å²) in [5.41, 5.74) is 1.72. The van der Waals surface area contributed by atoms with E-state index in [9.17, 15) is 0 Å². The summed E-state index contributed by atoms with van der Waals surface area (Å²) >= 11 is 0. The molecule has 2 nitrogen and oxygen atoms in total. The van der Waals surface area contributed by atoms with Gasteiger partial charge in [-0.05, 0) is 31.2 Å². The third kappa shape index (κ3) is 1.24. The fourth-order valence-electron chi connectivity index (χ4n) is 1.43. The molecule has 14 heavy (non-hydrogen) atoms. The largest absolute Gasteiger partial charge is 0.276 e. The predicted molar refractivity (Wildman–Crippen MR) is 55.5 cm³/mol. The first kappa shape index (κ1) is 8.41. The molecule has 0 N–H and O–H groups in total. The van der Waals surface area contributed by atoms with Gasteiger partial charge in [-0.2, -0.15) is 5.26 Å². The summed E-state index contributed by atoms with van der Waals surface area (Å²) in [7, 11) is 0. The summed E-state index contributed by atoms with van der Waals surface area (Å²) < 4.78 is 1.86. The first-order valence-electron chi connectivity index (χ1n) is 4.29. The van der Waals surface area contributed by atoms with Crippen molar-refractivity contribution in [2.45, 2.75) is 6.92 Å². The van der Waals surface area contributed by atoms with E-state index in [0.717, 1.165) is 10.9 Å². The van der Waals surface area contributed by atoms with E-state index in [1.165, 1.54) is 0 Å². The molecule has 66 valence electrons. The van der Waals surface area contributed by atoms with Crippen LogP contribution in [0.5, 0.6) is 0 Å². The Bertz CT molecular complexity index is 574. The first-order chi connectivity index (χ1) is 6.85. The summed E-state index contributed by atoms with van der Waals surface area (Å²) in [6.07, 6.45) is 1.91. The van der Waals surface area contributed by atoms with E-state index < -0.39 is 0 Å². The third-order valence-electron chi connectivity index (χ3n) is 2.05. The van der Waals surface area contributed by atoms with Crippen molar-refractivity contribution in [1.29, 1.82) is 5.26 Å². The van der Waals surface area contributed by atoms with Crippen molar-refractivity contribution in [1.82, 2.24) is 4.57 Å². The minimum atomic E-state index is 0.680. The van der Waals surface area contributed by atoms with Crippen molar-refractivity contribution in [2.75, 3.05) is 0 Å². The maximum Gasteiger partial charge on any atom is 0.0991 e. The Balaban J connectivity index is 2.71. The van der Waals surface area contributed by atoms with Crippen LogP contribution in [0.4, 0.5) is 0 Å². The van der Waals surface area contributed by atoms with Crippen LogP contribution in [0.1, 0.15) is 12.5 Å². The molecule has 1 heterocycles. The molecular formula is C12H8N2. The second-order valence-corrected chi connectivity index (χ2v) is 2.93. The van der Waals surface area contributed by atoms with Crippen LogP contribution in [0.25, 0.3) is 10.9 Å². The van der Waals surface area contributed by atoms with Crippen molar-refractivity contribution in [3.63, 3.8) is 0 Å². The molecule has 2 heteroatoms.